The smallest absolute Gasteiger partial charge is 0.319 e. The molecule has 0 radical (unpaired) electrons. The maximum atomic E-state index is 12.9. The number of nitrogens with zero attached hydrogens (tertiary/aromatic N) is 3. The average Bonchev–Trinajstić information content (AvgIpc) is 2.73. The fourth-order valence-corrected chi connectivity index (χ4v) is 4.84. The van der Waals surface area contributed by atoms with Gasteiger partial charge >= 0.3 is 6.03 Å². The Labute approximate surface area is 169 Å². The molecule has 3 aliphatic rings. The van der Waals surface area contributed by atoms with Crippen LogP contribution in [0.25, 0.3) is 0 Å². The molecule has 7 nitrogen and oxygen atoms in total. The molecule has 3 fully saturated rings. The summed E-state index contributed by atoms with van der Waals surface area (Å²) in [5, 5.41) is 3.19. The van der Waals surface area contributed by atoms with E-state index < -0.39 is 0 Å². The predicted octanol–water partition coefficient (Wildman–Crippen LogP) is 2.27. The lowest BCUT2D eigenvalue weighted by Crippen LogP contribution is -2.54. The summed E-state index contributed by atoms with van der Waals surface area (Å²) in [5.41, 5.74) is 0. The number of rotatable bonds is 4. The molecule has 0 spiro atoms. The number of methoxy groups -OCH3 is 1. The van der Waals surface area contributed by atoms with Gasteiger partial charge in [0.05, 0.1) is 0 Å². The lowest BCUT2D eigenvalue weighted by atomic mass is 9.85. The largest absolute Gasteiger partial charge is 0.361 e. The Morgan fingerprint density at radius 1 is 0.929 bits per heavy atom. The van der Waals surface area contributed by atoms with E-state index in [-0.39, 0.29) is 24.2 Å². The van der Waals surface area contributed by atoms with Crippen molar-refractivity contribution in [2.24, 2.45) is 5.92 Å². The summed E-state index contributed by atoms with van der Waals surface area (Å²) in [6.07, 6.45) is 6.49. The van der Waals surface area contributed by atoms with Gasteiger partial charge in [0.15, 0.2) is 0 Å². The number of carbonyl (C=O) groups is 2. The van der Waals surface area contributed by atoms with E-state index in [0.29, 0.717) is 11.9 Å². The Kier molecular flexibility index (Phi) is 7.57. The fourth-order valence-electron chi connectivity index (χ4n) is 4.84. The molecule has 3 amide bonds. The number of urea groups is 1. The van der Waals surface area contributed by atoms with E-state index in [1.165, 1.54) is 0 Å². The van der Waals surface area contributed by atoms with Gasteiger partial charge in [-0.3, -0.25) is 14.6 Å². The standard InChI is InChI=1S/C21H38N4O3/c1-16(2)23-12-14-24(15-13-23)20(26)17-7-9-18(10-8-17)22-21(27)25-11-5-4-6-19(25)28-3/h16-19H,4-15H2,1-3H3,(H,22,27). The van der Waals surface area contributed by atoms with Gasteiger partial charge in [-0.15, -0.1) is 0 Å². The molecule has 0 aromatic rings. The van der Waals surface area contributed by atoms with Gasteiger partial charge in [0.2, 0.25) is 5.91 Å². The fraction of sp³-hybridized carbons (Fsp3) is 0.905. The summed E-state index contributed by atoms with van der Waals surface area (Å²) in [7, 11) is 1.67. The second-order valence-electron chi connectivity index (χ2n) is 8.83. The van der Waals surface area contributed by atoms with Crippen molar-refractivity contribution in [2.75, 3.05) is 39.8 Å². The van der Waals surface area contributed by atoms with Gasteiger partial charge in [-0.2, -0.15) is 0 Å². The molecule has 2 aliphatic heterocycles. The lowest BCUT2D eigenvalue weighted by Gasteiger charge is -2.40. The van der Waals surface area contributed by atoms with Crippen LogP contribution in [0.15, 0.2) is 0 Å². The van der Waals surface area contributed by atoms with Crippen LogP contribution < -0.4 is 5.32 Å². The maximum Gasteiger partial charge on any atom is 0.319 e. The molecule has 3 rings (SSSR count). The van der Waals surface area contributed by atoms with Crippen LogP contribution in [-0.4, -0.2) is 84.8 Å². The first kappa shape index (κ1) is 21.4. The zero-order valence-electron chi connectivity index (χ0n) is 17.9. The minimum atomic E-state index is -0.101. The molecule has 1 N–H and O–H groups in total. The monoisotopic (exact) mass is 394 g/mol. The van der Waals surface area contributed by atoms with Crippen molar-refractivity contribution < 1.29 is 14.3 Å². The second-order valence-corrected chi connectivity index (χ2v) is 8.83. The third kappa shape index (κ3) is 5.17. The first-order chi connectivity index (χ1) is 13.5. The highest BCUT2D eigenvalue weighted by molar-refractivity contribution is 5.79. The molecule has 1 saturated carbocycles. The third-order valence-corrected chi connectivity index (χ3v) is 6.74. The molecule has 0 bridgehead atoms. The Morgan fingerprint density at radius 2 is 1.61 bits per heavy atom. The highest BCUT2D eigenvalue weighted by Crippen LogP contribution is 2.27. The van der Waals surface area contributed by atoms with Crippen LogP contribution in [0.3, 0.4) is 0 Å². The van der Waals surface area contributed by atoms with Crippen LogP contribution >= 0.6 is 0 Å². The summed E-state index contributed by atoms with van der Waals surface area (Å²) < 4.78 is 5.46. The molecule has 7 heteroatoms. The summed E-state index contributed by atoms with van der Waals surface area (Å²) >= 11 is 0. The van der Waals surface area contributed by atoms with Crippen molar-refractivity contribution >= 4 is 11.9 Å². The van der Waals surface area contributed by atoms with E-state index in [4.69, 9.17) is 4.74 Å². The van der Waals surface area contributed by atoms with E-state index in [0.717, 1.165) is 77.7 Å². The number of piperazine rings is 1. The Bertz CT molecular complexity index is 526. The highest BCUT2D eigenvalue weighted by Gasteiger charge is 2.33. The minimum absolute atomic E-state index is 0.00821. The zero-order chi connectivity index (χ0) is 20.1. The number of piperidine rings is 1. The van der Waals surface area contributed by atoms with Crippen molar-refractivity contribution in [3.8, 4) is 0 Å². The van der Waals surface area contributed by atoms with E-state index in [9.17, 15) is 9.59 Å². The third-order valence-electron chi connectivity index (χ3n) is 6.74. The number of likely N-dealkylation sites (tertiary alicyclic amines) is 1. The number of amides is 3. The van der Waals surface area contributed by atoms with Crippen molar-refractivity contribution in [2.45, 2.75) is 77.1 Å². The van der Waals surface area contributed by atoms with Crippen molar-refractivity contribution in [1.82, 2.24) is 20.0 Å². The predicted molar refractivity (Wildman–Crippen MR) is 109 cm³/mol. The zero-order valence-corrected chi connectivity index (χ0v) is 17.9. The van der Waals surface area contributed by atoms with Gasteiger partial charge in [-0.05, 0) is 58.8 Å². The van der Waals surface area contributed by atoms with E-state index >= 15 is 0 Å². The van der Waals surface area contributed by atoms with Gasteiger partial charge < -0.3 is 15.0 Å². The summed E-state index contributed by atoms with van der Waals surface area (Å²) in [4.78, 5) is 31.8. The van der Waals surface area contributed by atoms with Crippen molar-refractivity contribution in [3.63, 3.8) is 0 Å². The molecule has 160 valence electrons. The van der Waals surface area contributed by atoms with E-state index in [2.05, 4.69) is 29.0 Å². The first-order valence-electron chi connectivity index (χ1n) is 11.1. The van der Waals surface area contributed by atoms with Crippen LogP contribution in [0.1, 0.15) is 58.8 Å². The van der Waals surface area contributed by atoms with Gasteiger partial charge in [0.1, 0.15) is 6.23 Å². The molecule has 28 heavy (non-hydrogen) atoms. The average molecular weight is 395 g/mol. The molecular formula is C21H38N4O3. The van der Waals surface area contributed by atoms with Gasteiger partial charge in [0.25, 0.3) is 0 Å². The quantitative estimate of drug-likeness (QED) is 0.794. The first-order valence-corrected chi connectivity index (χ1v) is 11.1. The molecule has 1 aliphatic carbocycles. The highest BCUT2D eigenvalue weighted by atomic mass is 16.5. The molecule has 1 unspecified atom stereocenters. The van der Waals surface area contributed by atoms with Gasteiger partial charge in [-0.25, -0.2) is 4.79 Å². The maximum absolute atomic E-state index is 12.9. The minimum Gasteiger partial charge on any atom is -0.361 e. The molecular weight excluding hydrogens is 356 g/mol. The topological polar surface area (TPSA) is 65.1 Å². The number of hydrogen-bond donors (Lipinski definition) is 1. The van der Waals surface area contributed by atoms with Crippen LogP contribution in [0, 0.1) is 5.92 Å². The Balaban J connectivity index is 1.42. The van der Waals surface area contributed by atoms with Crippen LogP contribution in [-0.2, 0) is 9.53 Å². The normalized spacial score (nSPS) is 29.8. The van der Waals surface area contributed by atoms with Crippen LogP contribution in [0.2, 0.25) is 0 Å². The number of ether oxygens (including phenoxy) is 1. The molecule has 0 aromatic heterocycles. The lowest BCUT2D eigenvalue weighted by molar-refractivity contribution is -0.138. The second kappa shape index (κ2) is 9.92. The van der Waals surface area contributed by atoms with Crippen LogP contribution in [0.5, 0.6) is 0 Å². The molecule has 2 saturated heterocycles. The summed E-state index contributed by atoms with van der Waals surface area (Å²) in [6, 6.07) is 0.716. The number of nitrogens with one attached hydrogen (secondary N) is 1. The van der Waals surface area contributed by atoms with E-state index in [1.54, 1.807) is 7.11 Å². The van der Waals surface area contributed by atoms with Gasteiger partial charge in [-0.1, -0.05) is 0 Å². The number of hydrogen-bond acceptors (Lipinski definition) is 4. The molecule has 1 atom stereocenters. The molecule has 0 aromatic carbocycles. The van der Waals surface area contributed by atoms with Crippen molar-refractivity contribution in [1.29, 1.82) is 0 Å². The Morgan fingerprint density at radius 3 is 2.21 bits per heavy atom. The number of carbonyl (C=O) groups excluding carboxylic acids is 2. The Hall–Kier alpha value is -1.34. The summed E-state index contributed by atoms with van der Waals surface area (Å²) in [6.45, 7) is 8.84. The van der Waals surface area contributed by atoms with Crippen LogP contribution in [0.4, 0.5) is 4.79 Å². The molecule has 2 heterocycles. The van der Waals surface area contributed by atoms with Crippen molar-refractivity contribution in [3.05, 3.63) is 0 Å². The van der Waals surface area contributed by atoms with Gasteiger partial charge in [0, 0.05) is 57.8 Å². The summed E-state index contributed by atoms with van der Waals surface area (Å²) in [5.74, 6) is 0.448. The van der Waals surface area contributed by atoms with E-state index in [1.807, 2.05) is 4.90 Å². The SMILES string of the molecule is COC1CCCCN1C(=O)NC1CCC(C(=O)N2CCN(C(C)C)CC2)CC1.